The molecule has 0 aliphatic rings. The van der Waals surface area contributed by atoms with Crippen molar-refractivity contribution in [2.75, 3.05) is 6.61 Å². The molecule has 0 aliphatic carbocycles. The Bertz CT molecular complexity index is 897. The number of rotatable bonds is 5. The van der Waals surface area contributed by atoms with E-state index in [1.54, 1.807) is 6.07 Å². The summed E-state index contributed by atoms with van der Waals surface area (Å²) in [7, 11) is 0. The topological polar surface area (TPSA) is 48.2 Å². The SMILES string of the molecule is Cc1ccccc1-c1nc(-c2ccc(OCCC(C)(C)C)c(Cl)c2)no1. The van der Waals surface area contributed by atoms with E-state index in [2.05, 4.69) is 30.9 Å². The molecule has 3 aromatic rings. The monoisotopic (exact) mass is 370 g/mol. The fourth-order valence-corrected chi connectivity index (χ4v) is 2.72. The normalized spacial score (nSPS) is 11.6. The van der Waals surface area contributed by atoms with E-state index in [1.165, 1.54) is 0 Å². The van der Waals surface area contributed by atoms with Gasteiger partial charge in [0, 0.05) is 11.1 Å². The zero-order valence-corrected chi connectivity index (χ0v) is 16.3. The highest BCUT2D eigenvalue weighted by molar-refractivity contribution is 6.32. The van der Waals surface area contributed by atoms with E-state index >= 15 is 0 Å². The zero-order chi connectivity index (χ0) is 18.7. The Morgan fingerprint density at radius 2 is 1.88 bits per heavy atom. The Labute approximate surface area is 159 Å². The van der Waals surface area contributed by atoms with Crippen molar-refractivity contribution in [2.45, 2.75) is 34.1 Å². The Morgan fingerprint density at radius 1 is 1.12 bits per heavy atom. The van der Waals surface area contributed by atoms with Crippen molar-refractivity contribution in [3.63, 3.8) is 0 Å². The molecule has 26 heavy (non-hydrogen) atoms. The maximum absolute atomic E-state index is 6.37. The molecule has 0 fully saturated rings. The van der Waals surface area contributed by atoms with Crippen LogP contribution in [0.2, 0.25) is 5.02 Å². The maximum atomic E-state index is 6.37. The van der Waals surface area contributed by atoms with Crippen LogP contribution in [0.25, 0.3) is 22.8 Å². The number of nitrogens with zero attached hydrogens (tertiary/aromatic N) is 2. The Kier molecular flexibility index (Phi) is 5.33. The molecule has 0 aliphatic heterocycles. The summed E-state index contributed by atoms with van der Waals surface area (Å²) in [5.74, 6) is 1.67. The summed E-state index contributed by atoms with van der Waals surface area (Å²) < 4.78 is 11.2. The van der Waals surface area contributed by atoms with Crippen LogP contribution in [0.3, 0.4) is 0 Å². The molecule has 0 saturated heterocycles. The molecule has 0 N–H and O–H groups in total. The van der Waals surface area contributed by atoms with Gasteiger partial charge < -0.3 is 9.26 Å². The fourth-order valence-electron chi connectivity index (χ4n) is 2.49. The van der Waals surface area contributed by atoms with Crippen LogP contribution in [0.4, 0.5) is 0 Å². The summed E-state index contributed by atoms with van der Waals surface area (Å²) in [4.78, 5) is 4.50. The van der Waals surface area contributed by atoms with Gasteiger partial charge in [-0.1, -0.05) is 55.7 Å². The van der Waals surface area contributed by atoms with Crippen LogP contribution in [0.1, 0.15) is 32.8 Å². The Morgan fingerprint density at radius 3 is 2.58 bits per heavy atom. The largest absolute Gasteiger partial charge is 0.492 e. The molecule has 0 radical (unpaired) electrons. The van der Waals surface area contributed by atoms with Gasteiger partial charge in [-0.3, -0.25) is 0 Å². The van der Waals surface area contributed by atoms with E-state index in [1.807, 2.05) is 43.3 Å². The summed E-state index contributed by atoms with van der Waals surface area (Å²) in [6, 6.07) is 13.5. The minimum absolute atomic E-state index is 0.225. The first-order valence-corrected chi connectivity index (χ1v) is 9.04. The molecule has 2 aromatic carbocycles. The zero-order valence-electron chi connectivity index (χ0n) is 15.5. The Balaban J connectivity index is 1.77. The molecular formula is C21H23ClN2O2. The maximum Gasteiger partial charge on any atom is 0.258 e. The second-order valence-corrected chi connectivity index (χ2v) is 7.95. The first kappa shape index (κ1) is 18.5. The van der Waals surface area contributed by atoms with Crippen LogP contribution in [0, 0.1) is 12.3 Å². The number of halogens is 1. The summed E-state index contributed by atoms with van der Waals surface area (Å²) in [5, 5.41) is 4.62. The third-order valence-corrected chi connectivity index (χ3v) is 4.40. The van der Waals surface area contributed by atoms with Crippen molar-refractivity contribution in [3.05, 3.63) is 53.1 Å². The van der Waals surface area contributed by atoms with Gasteiger partial charge in [0.1, 0.15) is 5.75 Å². The molecule has 4 nitrogen and oxygen atoms in total. The van der Waals surface area contributed by atoms with E-state index < -0.39 is 0 Å². The quantitative estimate of drug-likeness (QED) is 0.538. The molecular weight excluding hydrogens is 348 g/mol. The molecule has 0 bridgehead atoms. The van der Waals surface area contributed by atoms with Crippen molar-refractivity contribution >= 4 is 11.6 Å². The van der Waals surface area contributed by atoms with Gasteiger partial charge >= 0.3 is 0 Å². The van der Waals surface area contributed by atoms with Crippen LogP contribution in [0.15, 0.2) is 47.0 Å². The lowest BCUT2D eigenvalue weighted by Crippen LogP contribution is -2.11. The van der Waals surface area contributed by atoms with Crippen molar-refractivity contribution in [3.8, 4) is 28.6 Å². The molecule has 5 heteroatoms. The minimum atomic E-state index is 0.225. The molecule has 0 unspecified atom stereocenters. The third-order valence-electron chi connectivity index (χ3n) is 4.10. The van der Waals surface area contributed by atoms with Gasteiger partial charge in [-0.15, -0.1) is 0 Å². The number of hydrogen-bond acceptors (Lipinski definition) is 4. The van der Waals surface area contributed by atoms with E-state index in [-0.39, 0.29) is 5.41 Å². The molecule has 0 amide bonds. The van der Waals surface area contributed by atoms with Crippen molar-refractivity contribution < 1.29 is 9.26 Å². The highest BCUT2D eigenvalue weighted by Crippen LogP contribution is 2.31. The smallest absolute Gasteiger partial charge is 0.258 e. The number of ether oxygens (including phenoxy) is 1. The van der Waals surface area contributed by atoms with Crippen molar-refractivity contribution in [2.24, 2.45) is 5.41 Å². The number of benzene rings is 2. The summed E-state index contributed by atoms with van der Waals surface area (Å²) in [6.45, 7) is 9.19. The number of hydrogen-bond donors (Lipinski definition) is 0. The average molecular weight is 371 g/mol. The van der Waals surface area contributed by atoms with Crippen LogP contribution < -0.4 is 4.74 Å². The number of aryl methyl sites for hydroxylation is 1. The molecule has 3 rings (SSSR count). The number of aromatic nitrogens is 2. The van der Waals surface area contributed by atoms with Crippen molar-refractivity contribution in [1.82, 2.24) is 10.1 Å². The average Bonchev–Trinajstić information content (AvgIpc) is 3.05. The Hall–Kier alpha value is -2.33. The molecule has 136 valence electrons. The van der Waals surface area contributed by atoms with Gasteiger partial charge in [-0.2, -0.15) is 4.98 Å². The molecule has 1 heterocycles. The van der Waals surface area contributed by atoms with Gasteiger partial charge in [-0.05, 0) is 48.6 Å². The van der Waals surface area contributed by atoms with Crippen LogP contribution >= 0.6 is 11.6 Å². The second-order valence-electron chi connectivity index (χ2n) is 7.54. The molecule has 1 aromatic heterocycles. The highest BCUT2D eigenvalue weighted by atomic mass is 35.5. The lowest BCUT2D eigenvalue weighted by Gasteiger charge is -2.18. The minimum Gasteiger partial charge on any atom is -0.492 e. The predicted octanol–water partition coefficient (Wildman–Crippen LogP) is 6.18. The first-order chi connectivity index (χ1) is 12.3. The van der Waals surface area contributed by atoms with E-state index in [9.17, 15) is 0 Å². The highest BCUT2D eigenvalue weighted by Gasteiger charge is 2.15. The first-order valence-electron chi connectivity index (χ1n) is 8.66. The van der Waals surface area contributed by atoms with Gasteiger partial charge in [0.15, 0.2) is 0 Å². The second kappa shape index (κ2) is 7.50. The van der Waals surface area contributed by atoms with E-state index in [0.717, 1.165) is 23.1 Å². The third kappa shape index (κ3) is 4.44. The van der Waals surface area contributed by atoms with E-state index in [0.29, 0.717) is 29.1 Å². The van der Waals surface area contributed by atoms with Crippen LogP contribution in [0.5, 0.6) is 5.75 Å². The summed E-state index contributed by atoms with van der Waals surface area (Å²) in [5.41, 5.74) is 3.04. The van der Waals surface area contributed by atoms with Gasteiger partial charge in [0.25, 0.3) is 5.89 Å². The summed E-state index contributed by atoms with van der Waals surface area (Å²) >= 11 is 6.37. The van der Waals surface area contributed by atoms with E-state index in [4.69, 9.17) is 20.9 Å². The standard InChI is InChI=1S/C21H23ClN2O2/c1-14-7-5-6-8-16(14)20-23-19(24-26-20)15-9-10-18(17(22)13-15)25-12-11-21(2,3)4/h5-10,13H,11-12H2,1-4H3. The predicted molar refractivity (Wildman–Crippen MR) is 104 cm³/mol. The van der Waals surface area contributed by atoms with Crippen LogP contribution in [-0.4, -0.2) is 16.7 Å². The van der Waals surface area contributed by atoms with Gasteiger partial charge in [-0.25, -0.2) is 0 Å². The lowest BCUT2D eigenvalue weighted by molar-refractivity contribution is 0.243. The fraction of sp³-hybridized carbons (Fsp3) is 0.333. The molecule has 0 spiro atoms. The molecule has 0 saturated carbocycles. The van der Waals surface area contributed by atoms with Gasteiger partial charge in [0.2, 0.25) is 5.82 Å². The van der Waals surface area contributed by atoms with Crippen LogP contribution in [-0.2, 0) is 0 Å². The van der Waals surface area contributed by atoms with Crippen molar-refractivity contribution in [1.29, 1.82) is 0 Å². The lowest BCUT2D eigenvalue weighted by atomic mass is 9.93. The van der Waals surface area contributed by atoms with Gasteiger partial charge in [0.05, 0.1) is 11.6 Å². The summed E-state index contributed by atoms with van der Waals surface area (Å²) in [6.07, 6.45) is 0.954. The molecule has 0 atom stereocenters.